The van der Waals surface area contributed by atoms with E-state index in [2.05, 4.69) is 17.1 Å². The number of nitrogens with zero attached hydrogens (tertiary/aromatic N) is 2. The maximum absolute atomic E-state index is 5.63. The summed E-state index contributed by atoms with van der Waals surface area (Å²) in [6.07, 6.45) is 4.05. The van der Waals surface area contributed by atoms with Crippen LogP contribution >= 0.6 is 0 Å². The van der Waals surface area contributed by atoms with E-state index >= 15 is 0 Å². The third-order valence-electron chi connectivity index (χ3n) is 2.82. The van der Waals surface area contributed by atoms with Crippen LogP contribution in [0.4, 0.5) is 0 Å². The molecular formula is C14H13N3. The first-order chi connectivity index (χ1) is 8.36. The number of pyridine rings is 1. The van der Waals surface area contributed by atoms with Crippen LogP contribution in [0.5, 0.6) is 0 Å². The van der Waals surface area contributed by atoms with Crippen LogP contribution in [-0.2, 0) is 6.54 Å². The van der Waals surface area contributed by atoms with Gasteiger partial charge in [0.15, 0.2) is 0 Å². The van der Waals surface area contributed by atoms with E-state index in [4.69, 9.17) is 5.73 Å². The number of imidazole rings is 1. The summed E-state index contributed by atoms with van der Waals surface area (Å²) in [4.78, 5) is 4.58. The molecule has 0 unspecified atom stereocenters. The molecule has 2 N–H and O–H groups in total. The van der Waals surface area contributed by atoms with Gasteiger partial charge in [0.1, 0.15) is 5.65 Å². The smallest absolute Gasteiger partial charge is 0.137 e. The average Bonchev–Trinajstić information content (AvgIpc) is 2.82. The minimum absolute atomic E-state index is 0.550. The molecule has 84 valence electrons. The Hall–Kier alpha value is -2.13. The van der Waals surface area contributed by atoms with E-state index < -0.39 is 0 Å². The molecule has 3 nitrogen and oxygen atoms in total. The highest BCUT2D eigenvalue weighted by atomic mass is 15.0. The Morgan fingerprint density at radius 2 is 1.82 bits per heavy atom. The number of benzene rings is 1. The molecule has 0 fully saturated rings. The topological polar surface area (TPSA) is 43.3 Å². The van der Waals surface area contributed by atoms with E-state index in [-0.39, 0.29) is 0 Å². The van der Waals surface area contributed by atoms with Crippen LogP contribution in [0.25, 0.3) is 16.9 Å². The first kappa shape index (κ1) is 10.1. The molecule has 2 heterocycles. The van der Waals surface area contributed by atoms with E-state index in [9.17, 15) is 0 Å². The lowest BCUT2D eigenvalue weighted by Gasteiger charge is -1.96. The molecule has 3 heteroatoms. The predicted molar refractivity (Wildman–Crippen MR) is 68.5 cm³/mol. The van der Waals surface area contributed by atoms with Crippen molar-refractivity contribution in [2.24, 2.45) is 5.73 Å². The number of fused-ring (bicyclic) bond motifs is 1. The van der Waals surface area contributed by atoms with Crippen LogP contribution in [0.1, 0.15) is 5.56 Å². The summed E-state index contributed by atoms with van der Waals surface area (Å²) in [5.74, 6) is 0. The maximum atomic E-state index is 5.63. The SMILES string of the molecule is NCc1ccc2nc(-c3ccccc3)cn2c1. The van der Waals surface area contributed by atoms with Crippen molar-refractivity contribution in [3.8, 4) is 11.3 Å². The molecular weight excluding hydrogens is 210 g/mol. The standard InChI is InChI=1S/C14H13N3/c15-8-11-6-7-14-16-13(10-17(14)9-11)12-4-2-1-3-5-12/h1-7,9-10H,8,15H2. The van der Waals surface area contributed by atoms with Crippen molar-refractivity contribution in [1.82, 2.24) is 9.38 Å². The monoisotopic (exact) mass is 223 g/mol. The molecule has 0 aliphatic rings. The number of rotatable bonds is 2. The van der Waals surface area contributed by atoms with Crippen LogP contribution in [-0.4, -0.2) is 9.38 Å². The van der Waals surface area contributed by atoms with Gasteiger partial charge in [-0.2, -0.15) is 0 Å². The Labute approximate surface area is 99.5 Å². The van der Waals surface area contributed by atoms with E-state index in [1.54, 1.807) is 0 Å². The Kier molecular flexibility index (Phi) is 2.38. The van der Waals surface area contributed by atoms with Gasteiger partial charge in [-0.05, 0) is 11.6 Å². The lowest BCUT2D eigenvalue weighted by atomic mass is 10.2. The number of aromatic nitrogens is 2. The average molecular weight is 223 g/mol. The fourth-order valence-electron chi connectivity index (χ4n) is 1.91. The van der Waals surface area contributed by atoms with Crippen molar-refractivity contribution in [2.45, 2.75) is 6.54 Å². The Bertz CT molecular complexity index is 641. The molecule has 17 heavy (non-hydrogen) atoms. The van der Waals surface area contributed by atoms with Gasteiger partial charge in [0, 0.05) is 24.5 Å². The van der Waals surface area contributed by atoms with Gasteiger partial charge in [0.2, 0.25) is 0 Å². The lowest BCUT2D eigenvalue weighted by Crippen LogP contribution is -1.97. The zero-order valence-corrected chi connectivity index (χ0v) is 9.38. The van der Waals surface area contributed by atoms with Crippen LogP contribution in [0.2, 0.25) is 0 Å². The number of nitrogens with two attached hydrogens (primary N) is 1. The zero-order chi connectivity index (χ0) is 11.7. The molecule has 0 radical (unpaired) electrons. The zero-order valence-electron chi connectivity index (χ0n) is 9.38. The second-order valence-corrected chi connectivity index (χ2v) is 4.00. The Morgan fingerprint density at radius 1 is 1.00 bits per heavy atom. The first-order valence-corrected chi connectivity index (χ1v) is 5.60. The van der Waals surface area contributed by atoms with Crippen LogP contribution in [0.3, 0.4) is 0 Å². The third-order valence-corrected chi connectivity index (χ3v) is 2.82. The summed E-state index contributed by atoms with van der Waals surface area (Å²) in [7, 11) is 0. The van der Waals surface area contributed by atoms with Crippen LogP contribution in [0.15, 0.2) is 54.9 Å². The second-order valence-electron chi connectivity index (χ2n) is 4.00. The molecule has 0 amide bonds. The van der Waals surface area contributed by atoms with Crippen molar-refractivity contribution >= 4 is 5.65 Å². The first-order valence-electron chi connectivity index (χ1n) is 5.60. The van der Waals surface area contributed by atoms with Gasteiger partial charge in [-0.1, -0.05) is 36.4 Å². The molecule has 0 saturated carbocycles. The van der Waals surface area contributed by atoms with E-state index in [0.29, 0.717) is 6.54 Å². The minimum Gasteiger partial charge on any atom is -0.326 e. The molecule has 0 bridgehead atoms. The van der Waals surface area contributed by atoms with Crippen molar-refractivity contribution in [3.05, 3.63) is 60.4 Å². The quantitative estimate of drug-likeness (QED) is 0.725. The molecule has 0 spiro atoms. The van der Waals surface area contributed by atoms with Crippen molar-refractivity contribution in [3.63, 3.8) is 0 Å². The van der Waals surface area contributed by atoms with Gasteiger partial charge in [0.25, 0.3) is 0 Å². The lowest BCUT2D eigenvalue weighted by molar-refractivity contribution is 1.03. The number of hydrogen-bond acceptors (Lipinski definition) is 2. The van der Waals surface area contributed by atoms with Gasteiger partial charge in [-0.25, -0.2) is 4.98 Å². The highest BCUT2D eigenvalue weighted by Gasteiger charge is 2.03. The van der Waals surface area contributed by atoms with Crippen molar-refractivity contribution < 1.29 is 0 Å². The Morgan fingerprint density at radius 3 is 2.59 bits per heavy atom. The van der Waals surface area contributed by atoms with Gasteiger partial charge >= 0.3 is 0 Å². The third kappa shape index (κ3) is 1.81. The normalized spacial score (nSPS) is 10.9. The molecule has 0 atom stereocenters. The predicted octanol–water partition coefficient (Wildman–Crippen LogP) is 2.46. The summed E-state index contributed by atoms with van der Waals surface area (Å²) in [6, 6.07) is 14.2. The highest BCUT2D eigenvalue weighted by Crippen LogP contribution is 2.18. The summed E-state index contributed by atoms with van der Waals surface area (Å²) in [5.41, 5.74) is 9.79. The molecule has 0 aliphatic carbocycles. The second kappa shape index (κ2) is 4.03. The summed E-state index contributed by atoms with van der Waals surface area (Å²) in [5, 5.41) is 0. The molecule has 3 aromatic rings. The largest absolute Gasteiger partial charge is 0.326 e. The van der Waals surface area contributed by atoms with E-state index in [1.165, 1.54) is 0 Å². The molecule has 2 aromatic heterocycles. The van der Waals surface area contributed by atoms with Gasteiger partial charge in [0.05, 0.1) is 5.69 Å². The van der Waals surface area contributed by atoms with Gasteiger partial charge < -0.3 is 10.1 Å². The highest BCUT2D eigenvalue weighted by molar-refractivity contribution is 5.62. The van der Waals surface area contributed by atoms with Crippen molar-refractivity contribution in [1.29, 1.82) is 0 Å². The number of hydrogen-bond donors (Lipinski definition) is 1. The van der Waals surface area contributed by atoms with Gasteiger partial charge in [-0.15, -0.1) is 0 Å². The summed E-state index contributed by atoms with van der Waals surface area (Å²) < 4.78 is 2.02. The van der Waals surface area contributed by atoms with Crippen LogP contribution in [0, 0.1) is 0 Å². The van der Waals surface area contributed by atoms with E-state index in [0.717, 1.165) is 22.5 Å². The fourth-order valence-corrected chi connectivity index (χ4v) is 1.91. The Balaban J connectivity index is 2.14. The summed E-state index contributed by atoms with van der Waals surface area (Å²) >= 11 is 0. The van der Waals surface area contributed by atoms with Gasteiger partial charge in [-0.3, -0.25) is 0 Å². The van der Waals surface area contributed by atoms with E-state index in [1.807, 2.05) is 47.1 Å². The molecule has 1 aromatic carbocycles. The molecule has 0 saturated heterocycles. The fraction of sp³-hybridized carbons (Fsp3) is 0.0714. The van der Waals surface area contributed by atoms with Crippen molar-refractivity contribution in [2.75, 3.05) is 0 Å². The minimum atomic E-state index is 0.550. The van der Waals surface area contributed by atoms with Crippen LogP contribution < -0.4 is 5.73 Å². The molecule has 0 aliphatic heterocycles. The summed E-state index contributed by atoms with van der Waals surface area (Å²) in [6.45, 7) is 0.550. The maximum Gasteiger partial charge on any atom is 0.137 e. The molecule has 3 rings (SSSR count).